The maximum atomic E-state index is 13.3. The van der Waals surface area contributed by atoms with E-state index in [-0.39, 0.29) is 11.6 Å². The molecule has 2 rings (SSSR count). The second-order valence-electron chi connectivity index (χ2n) is 3.82. The first-order valence-corrected chi connectivity index (χ1v) is 4.26. The lowest BCUT2D eigenvalue weighted by Gasteiger charge is -2.11. The van der Waals surface area contributed by atoms with Crippen molar-refractivity contribution < 1.29 is 8.78 Å². The lowest BCUT2D eigenvalue weighted by atomic mass is 9.96. The molecule has 1 saturated carbocycles. The van der Waals surface area contributed by atoms with E-state index in [1.807, 2.05) is 0 Å². The Morgan fingerprint density at radius 1 is 1.38 bits per heavy atom. The van der Waals surface area contributed by atoms with Gasteiger partial charge in [-0.25, -0.2) is 8.78 Å². The van der Waals surface area contributed by atoms with Crippen LogP contribution in [0.15, 0.2) is 18.2 Å². The van der Waals surface area contributed by atoms with Crippen molar-refractivity contribution in [2.45, 2.75) is 24.8 Å². The van der Waals surface area contributed by atoms with E-state index in [0.29, 0.717) is 6.42 Å². The van der Waals surface area contributed by atoms with E-state index < -0.39 is 17.0 Å². The van der Waals surface area contributed by atoms with Crippen molar-refractivity contribution in [3.05, 3.63) is 35.4 Å². The molecule has 3 heteroatoms. The first-order valence-electron chi connectivity index (χ1n) is 4.26. The summed E-state index contributed by atoms with van der Waals surface area (Å²) < 4.78 is 26.5. The number of rotatable bonds is 1. The molecule has 0 spiro atoms. The Hall–Kier alpha value is -0.960. The zero-order valence-electron chi connectivity index (χ0n) is 7.35. The lowest BCUT2D eigenvalue weighted by molar-refractivity contribution is 0.523. The molecule has 1 nitrogen and oxygen atoms in total. The summed E-state index contributed by atoms with van der Waals surface area (Å²) in [6, 6.07) is 3.80. The molecule has 1 aromatic carbocycles. The van der Waals surface area contributed by atoms with E-state index in [1.165, 1.54) is 18.2 Å². The van der Waals surface area contributed by atoms with Crippen LogP contribution in [-0.4, -0.2) is 6.04 Å². The summed E-state index contributed by atoms with van der Waals surface area (Å²) in [6.45, 7) is 1.79. The maximum absolute atomic E-state index is 13.3. The van der Waals surface area contributed by atoms with Crippen molar-refractivity contribution in [1.82, 2.24) is 0 Å². The number of hydrogen-bond acceptors (Lipinski definition) is 1. The Morgan fingerprint density at radius 3 is 2.23 bits per heavy atom. The summed E-state index contributed by atoms with van der Waals surface area (Å²) >= 11 is 0. The monoisotopic (exact) mass is 183 g/mol. The number of nitrogens with two attached hydrogens (primary N) is 1. The number of benzene rings is 1. The molecule has 1 aliphatic rings. The quantitative estimate of drug-likeness (QED) is 0.707. The fourth-order valence-corrected chi connectivity index (χ4v) is 1.73. The molecule has 1 aliphatic carbocycles. The van der Waals surface area contributed by atoms with Crippen molar-refractivity contribution in [3.63, 3.8) is 0 Å². The Balaban J connectivity index is 2.52. The van der Waals surface area contributed by atoms with Crippen molar-refractivity contribution >= 4 is 0 Å². The summed E-state index contributed by atoms with van der Waals surface area (Å²) in [4.78, 5) is 0. The summed E-state index contributed by atoms with van der Waals surface area (Å²) in [5.41, 5.74) is 5.29. The van der Waals surface area contributed by atoms with E-state index in [2.05, 4.69) is 0 Å². The summed E-state index contributed by atoms with van der Waals surface area (Å²) in [5.74, 6) is -0.981. The van der Waals surface area contributed by atoms with Crippen LogP contribution in [-0.2, 0) is 5.41 Å². The van der Waals surface area contributed by atoms with Crippen LogP contribution in [0.4, 0.5) is 8.78 Å². The molecule has 0 radical (unpaired) electrons. The summed E-state index contributed by atoms with van der Waals surface area (Å²) in [7, 11) is 0. The largest absolute Gasteiger partial charge is 0.327 e. The van der Waals surface area contributed by atoms with Gasteiger partial charge in [0.05, 0.1) is 0 Å². The highest BCUT2D eigenvalue weighted by Gasteiger charge is 2.51. The molecule has 13 heavy (non-hydrogen) atoms. The molecule has 70 valence electrons. The molecule has 1 fully saturated rings. The Morgan fingerprint density at radius 2 is 1.85 bits per heavy atom. The van der Waals surface area contributed by atoms with Gasteiger partial charge in [-0.05, 0) is 18.6 Å². The van der Waals surface area contributed by atoms with E-state index in [4.69, 9.17) is 5.73 Å². The average Bonchev–Trinajstić information content (AvgIpc) is 2.59. The normalized spacial score (nSPS) is 31.8. The van der Waals surface area contributed by atoms with Crippen LogP contribution in [0.2, 0.25) is 0 Å². The Labute approximate surface area is 75.6 Å². The van der Waals surface area contributed by atoms with Crippen LogP contribution in [0.25, 0.3) is 0 Å². The predicted molar refractivity (Wildman–Crippen MR) is 46.3 cm³/mol. The van der Waals surface area contributed by atoms with Gasteiger partial charge in [0.2, 0.25) is 0 Å². The second-order valence-corrected chi connectivity index (χ2v) is 3.82. The van der Waals surface area contributed by atoms with Crippen LogP contribution < -0.4 is 5.73 Å². The van der Waals surface area contributed by atoms with Crippen LogP contribution in [0.3, 0.4) is 0 Å². The Kier molecular flexibility index (Phi) is 1.67. The molecule has 0 heterocycles. The first-order chi connectivity index (χ1) is 6.05. The van der Waals surface area contributed by atoms with Gasteiger partial charge in [-0.15, -0.1) is 0 Å². The van der Waals surface area contributed by atoms with Crippen molar-refractivity contribution in [3.8, 4) is 0 Å². The van der Waals surface area contributed by atoms with E-state index in [9.17, 15) is 8.78 Å². The predicted octanol–water partition coefficient (Wildman–Crippen LogP) is 1.95. The van der Waals surface area contributed by atoms with Crippen molar-refractivity contribution in [2.24, 2.45) is 5.73 Å². The highest BCUT2D eigenvalue weighted by atomic mass is 19.1. The number of hydrogen-bond donors (Lipinski definition) is 1. The minimum atomic E-state index is -0.491. The third-order valence-corrected chi connectivity index (χ3v) is 2.84. The van der Waals surface area contributed by atoms with Gasteiger partial charge < -0.3 is 5.73 Å². The summed E-state index contributed by atoms with van der Waals surface area (Å²) in [5, 5.41) is 0. The van der Waals surface area contributed by atoms with Gasteiger partial charge in [-0.2, -0.15) is 0 Å². The second kappa shape index (κ2) is 2.51. The van der Waals surface area contributed by atoms with Crippen molar-refractivity contribution in [1.29, 1.82) is 0 Å². The molecular weight excluding hydrogens is 172 g/mol. The molecule has 0 bridgehead atoms. The molecule has 0 aliphatic heterocycles. The van der Waals surface area contributed by atoms with Crippen LogP contribution >= 0.6 is 0 Å². The molecule has 2 atom stereocenters. The van der Waals surface area contributed by atoms with Crippen LogP contribution in [0.1, 0.15) is 18.9 Å². The molecule has 1 aromatic rings. The maximum Gasteiger partial charge on any atom is 0.129 e. The van der Waals surface area contributed by atoms with Crippen molar-refractivity contribution in [2.75, 3.05) is 0 Å². The smallest absolute Gasteiger partial charge is 0.129 e. The minimum Gasteiger partial charge on any atom is -0.327 e. The van der Waals surface area contributed by atoms with E-state index in [0.717, 1.165) is 0 Å². The molecular formula is C10H11F2N. The fraction of sp³-hybridized carbons (Fsp3) is 0.400. The standard InChI is InChI=1S/C10H11F2N/c1-10(5-8(10)13)9-6(11)3-2-4-7(9)12/h2-4,8H,5,13H2,1H3. The SMILES string of the molecule is CC1(c2c(F)cccc2F)CC1N. The lowest BCUT2D eigenvalue weighted by Crippen LogP contribution is -2.17. The third kappa shape index (κ3) is 1.15. The minimum absolute atomic E-state index is 0.112. The number of halogens is 2. The summed E-state index contributed by atoms with van der Waals surface area (Å²) in [6.07, 6.45) is 0.658. The highest BCUT2D eigenvalue weighted by Crippen LogP contribution is 2.48. The van der Waals surface area contributed by atoms with E-state index >= 15 is 0 Å². The van der Waals surface area contributed by atoms with Gasteiger partial charge in [0.25, 0.3) is 0 Å². The zero-order chi connectivity index (χ0) is 9.64. The average molecular weight is 183 g/mol. The fourth-order valence-electron chi connectivity index (χ4n) is 1.73. The van der Waals surface area contributed by atoms with E-state index in [1.54, 1.807) is 6.92 Å². The van der Waals surface area contributed by atoms with Gasteiger partial charge in [0.1, 0.15) is 11.6 Å². The molecule has 0 amide bonds. The third-order valence-electron chi connectivity index (χ3n) is 2.84. The molecule has 2 unspecified atom stereocenters. The van der Waals surface area contributed by atoms with Gasteiger partial charge >= 0.3 is 0 Å². The van der Waals surface area contributed by atoms with Gasteiger partial charge in [0, 0.05) is 17.0 Å². The van der Waals surface area contributed by atoms with Gasteiger partial charge in [-0.1, -0.05) is 13.0 Å². The molecule has 0 saturated heterocycles. The highest BCUT2D eigenvalue weighted by molar-refractivity contribution is 5.36. The van der Waals surface area contributed by atoms with Gasteiger partial charge in [-0.3, -0.25) is 0 Å². The Bertz CT molecular complexity index is 331. The molecule has 2 N–H and O–H groups in total. The van der Waals surface area contributed by atoms with Crippen LogP contribution in [0.5, 0.6) is 0 Å². The topological polar surface area (TPSA) is 26.0 Å². The van der Waals surface area contributed by atoms with Crippen LogP contribution in [0, 0.1) is 11.6 Å². The van der Waals surface area contributed by atoms with Gasteiger partial charge in [0.15, 0.2) is 0 Å². The first kappa shape index (κ1) is 8.63. The molecule has 0 aromatic heterocycles. The zero-order valence-corrected chi connectivity index (χ0v) is 7.35.